The van der Waals surface area contributed by atoms with Crippen molar-refractivity contribution in [3.05, 3.63) is 48.6 Å². The van der Waals surface area contributed by atoms with Gasteiger partial charge in [0.25, 0.3) is 0 Å². The third-order valence-corrected chi connectivity index (χ3v) is 3.69. The summed E-state index contributed by atoms with van der Waals surface area (Å²) >= 11 is 0. The second-order valence-corrected chi connectivity index (χ2v) is 6.17. The molecular formula is C19H26O3. The highest BCUT2D eigenvalue weighted by molar-refractivity contribution is 6.34. The standard InChI is InChI=1S/C19H26O3/c1-6-16(13(2)3)17(12-15-10-8-7-9-11-15)18(20)19(21)22-14(4)5/h6-11,13-14,16-17H,1,12H2,2-5H3/t16-,17+/m0/s1. The van der Waals surface area contributed by atoms with Crippen molar-refractivity contribution in [2.75, 3.05) is 0 Å². The lowest BCUT2D eigenvalue weighted by Crippen LogP contribution is -2.35. The summed E-state index contributed by atoms with van der Waals surface area (Å²) in [6.07, 6.45) is 2.00. The fourth-order valence-electron chi connectivity index (χ4n) is 2.60. The van der Waals surface area contributed by atoms with E-state index in [1.54, 1.807) is 19.9 Å². The zero-order valence-corrected chi connectivity index (χ0v) is 13.9. The zero-order valence-electron chi connectivity index (χ0n) is 13.9. The van der Waals surface area contributed by atoms with Gasteiger partial charge in [-0.3, -0.25) is 4.79 Å². The van der Waals surface area contributed by atoms with Gasteiger partial charge < -0.3 is 4.74 Å². The van der Waals surface area contributed by atoms with Crippen LogP contribution in [0.4, 0.5) is 0 Å². The van der Waals surface area contributed by atoms with E-state index < -0.39 is 17.7 Å². The van der Waals surface area contributed by atoms with E-state index in [-0.39, 0.29) is 17.9 Å². The van der Waals surface area contributed by atoms with E-state index in [4.69, 9.17) is 4.74 Å². The lowest BCUT2D eigenvalue weighted by molar-refractivity contribution is -0.159. The van der Waals surface area contributed by atoms with Gasteiger partial charge in [-0.15, -0.1) is 6.58 Å². The Morgan fingerprint density at radius 1 is 1.14 bits per heavy atom. The number of rotatable bonds is 8. The minimum Gasteiger partial charge on any atom is -0.457 e. The van der Waals surface area contributed by atoms with Gasteiger partial charge in [0.1, 0.15) is 0 Å². The first-order chi connectivity index (χ1) is 10.4. The molecular weight excluding hydrogens is 276 g/mol. The van der Waals surface area contributed by atoms with Gasteiger partial charge in [0.15, 0.2) is 0 Å². The monoisotopic (exact) mass is 302 g/mol. The van der Waals surface area contributed by atoms with Crippen molar-refractivity contribution in [2.45, 2.75) is 40.2 Å². The van der Waals surface area contributed by atoms with Gasteiger partial charge in [0, 0.05) is 5.92 Å². The Labute approximate surface area is 133 Å². The fraction of sp³-hybridized carbons (Fsp3) is 0.474. The number of benzene rings is 1. The van der Waals surface area contributed by atoms with Gasteiger partial charge in [-0.1, -0.05) is 50.3 Å². The normalized spacial score (nSPS) is 13.7. The molecule has 0 aliphatic heterocycles. The molecule has 0 heterocycles. The van der Waals surface area contributed by atoms with Crippen LogP contribution in [-0.4, -0.2) is 17.9 Å². The van der Waals surface area contributed by atoms with E-state index in [0.717, 1.165) is 5.56 Å². The molecule has 1 rings (SSSR count). The summed E-state index contributed by atoms with van der Waals surface area (Å²) in [5.41, 5.74) is 1.03. The number of ketones is 1. The number of carbonyl (C=O) groups excluding carboxylic acids is 2. The molecule has 0 unspecified atom stereocenters. The summed E-state index contributed by atoms with van der Waals surface area (Å²) < 4.78 is 5.08. The Balaban J connectivity index is 3.02. The van der Waals surface area contributed by atoms with Gasteiger partial charge in [-0.25, -0.2) is 4.79 Å². The Morgan fingerprint density at radius 3 is 2.18 bits per heavy atom. The molecule has 0 bridgehead atoms. The first kappa shape index (κ1) is 18.1. The minimum atomic E-state index is -0.747. The second-order valence-electron chi connectivity index (χ2n) is 6.17. The lowest BCUT2D eigenvalue weighted by Gasteiger charge is -2.26. The Morgan fingerprint density at radius 2 is 1.73 bits per heavy atom. The van der Waals surface area contributed by atoms with Crippen molar-refractivity contribution in [2.24, 2.45) is 17.8 Å². The summed E-state index contributed by atoms with van der Waals surface area (Å²) in [5, 5.41) is 0. The molecule has 0 amide bonds. The topological polar surface area (TPSA) is 43.4 Å². The van der Waals surface area contributed by atoms with Crippen LogP contribution in [0.2, 0.25) is 0 Å². The van der Waals surface area contributed by atoms with Gasteiger partial charge in [-0.05, 0) is 37.7 Å². The third-order valence-electron chi connectivity index (χ3n) is 3.69. The van der Waals surface area contributed by atoms with Gasteiger partial charge in [0.2, 0.25) is 5.78 Å². The molecule has 0 fully saturated rings. The lowest BCUT2D eigenvalue weighted by atomic mass is 9.77. The van der Waals surface area contributed by atoms with Crippen molar-refractivity contribution < 1.29 is 14.3 Å². The smallest absolute Gasteiger partial charge is 0.375 e. The molecule has 3 heteroatoms. The Hall–Kier alpha value is -1.90. The predicted octanol–water partition coefficient (Wildman–Crippen LogP) is 3.82. The maximum absolute atomic E-state index is 12.6. The molecule has 22 heavy (non-hydrogen) atoms. The largest absolute Gasteiger partial charge is 0.457 e. The molecule has 1 aromatic rings. The summed E-state index contributed by atoms with van der Waals surface area (Å²) in [7, 11) is 0. The van der Waals surface area contributed by atoms with Crippen molar-refractivity contribution in [1.82, 2.24) is 0 Å². The third kappa shape index (κ3) is 5.14. The number of hydrogen-bond acceptors (Lipinski definition) is 3. The van der Waals surface area contributed by atoms with Crippen LogP contribution in [0, 0.1) is 17.8 Å². The molecule has 120 valence electrons. The number of carbonyl (C=O) groups is 2. The first-order valence-corrected chi connectivity index (χ1v) is 7.78. The minimum absolute atomic E-state index is 0.0626. The summed E-state index contributed by atoms with van der Waals surface area (Å²) in [6, 6.07) is 9.73. The molecule has 0 aliphatic rings. The Kier molecular flexibility index (Phi) is 7.03. The van der Waals surface area contributed by atoms with Crippen LogP contribution in [0.3, 0.4) is 0 Å². The van der Waals surface area contributed by atoms with Crippen molar-refractivity contribution >= 4 is 11.8 Å². The van der Waals surface area contributed by atoms with Crippen LogP contribution in [0.25, 0.3) is 0 Å². The molecule has 0 N–H and O–H groups in total. The van der Waals surface area contributed by atoms with E-state index in [1.165, 1.54) is 0 Å². The highest BCUT2D eigenvalue weighted by Gasteiger charge is 2.34. The van der Waals surface area contributed by atoms with Crippen LogP contribution in [0.1, 0.15) is 33.3 Å². The molecule has 2 atom stereocenters. The van der Waals surface area contributed by atoms with E-state index in [0.29, 0.717) is 6.42 Å². The van der Waals surface area contributed by atoms with Crippen LogP contribution >= 0.6 is 0 Å². The highest BCUT2D eigenvalue weighted by atomic mass is 16.5. The number of allylic oxidation sites excluding steroid dienone is 1. The first-order valence-electron chi connectivity index (χ1n) is 7.78. The van der Waals surface area contributed by atoms with Crippen LogP contribution in [0.15, 0.2) is 43.0 Å². The fourth-order valence-corrected chi connectivity index (χ4v) is 2.60. The van der Waals surface area contributed by atoms with Crippen LogP contribution in [-0.2, 0) is 20.7 Å². The summed E-state index contributed by atoms with van der Waals surface area (Å²) in [4.78, 5) is 24.6. The van der Waals surface area contributed by atoms with Gasteiger partial charge >= 0.3 is 5.97 Å². The van der Waals surface area contributed by atoms with E-state index in [1.807, 2.05) is 44.2 Å². The van der Waals surface area contributed by atoms with Crippen molar-refractivity contribution in [3.8, 4) is 0 Å². The SMILES string of the molecule is C=C[C@@H](C(C)C)[C@@H](Cc1ccccc1)C(=O)C(=O)OC(C)C. The average Bonchev–Trinajstić information content (AvgIpc) is 2.46. The van der Waals surface area contributed by atoms with Crippen LogP contribution in [0.5, 0.6) is 0 Å². The van der Waals surface area contributed by atoms with E-state index >= 15 is 0 Å². The van der Waals surface area contributed by atoms with Gasteiger partial charge in [-0.2, -0.15) is 0 Å². The van der Waals surface area contributed by atoms with Crippen LogP contribution < -0.4 is 0 Å². The van der Waals surface area contributed by atoms with E-state index in [9.17, 15) is 9.59 Å². The average molecular weight is 302 g/mol. The molecule has 0 spiro atoms. The Bertz CT molecular complexity index is 503. The van der Waals surface area contributed by atoms with Crippen molar-refractivity contribution in [3.63, 3.8) is 0 Å². The number of ether oxygens (including phenoxy) is 1. The molecule has 0 aliphatic carbocycles. The summed E-state index contributed by atoms with van der Waals surface area (Å²) in [5.74, 6) is -1.49. The summed E-state index contributed by atoms with van der Waals surface area (Å²) in [6.45, 7) is 11.4. The number of Topliss-reactive ketones (excluding diaryl/α,β-unsaturated/α-hetero) is 1. The predicted molar refractivity (Wildman–Crippen MR) is 88.4 cm³/mol. The zero-order chi connectivity index (χ0) is 16.7. The molecule has 1 aromatic carbocycles. The number of esters is 1. The van der Waals surface area contributed by atoms with E-state index in [2.05, 4.69) is 6.58 Å². The quantitative estimate of drug-likeness (QED) is 0.416. The van der Waals surface area contributed by atoms with Crippen molar-refractivity contribution in [1.29, 1.82) is 0 Å². The second kappa shape index (κ2) is 8.52. The highest BCUT2D eigenvalue weighted by Crippen LogP contribution is 2.27. The molecule has 0 saturated carbocycles. The maximum atomic E-state index is 12.6. The molecule has 0 aromatic heterocycles. The molecule has 3 nitrogen and oxygen atoms in total. The molecule has 0 radical (unpaired) electrons. The maximum Gasteiger partial charge on any atom is 0.375 e. The van der Waals surface area contributed by atoms with Gasteiger partial charge in [0.05, 0.1) is 6.10 Å². The molecule has 0 saturated heterocycles. The number of hydrogen-bond donors (Lipinski definition) is 0.